The van der Waals surface area contributed by atoms with Crippen molar-refractivity contribution in [2.75, 3.05) is 37.4 Å². The zero-order chi connectivity index (χ0) is 56.4. The summed E-state index contributed by atoms with van der Waals surface area (Å²) >= 11 is 4.92. The van der Waals surface area contributed by atoms with Gasteiger partial charge in [0.15, 0.2) is 0 Å². The molecule has 0 saturated heterocycles. The van der Waals surface area contributed by atoms with Gasteiger partial charge in [-0.3, -0.25) is 20.1 Å². The number of nitrogens with two attached hydrogens (primary N) is 1. The monoisotopic (exact) mass is 1090 g/mol. The molecule has 2 aliphatic rings. The van der Waals surface area contributed by atoms with Gasteiger partial charge < -0.3 is 39.5 Å². The molecular formula is C63H62ClN9O7. The first-order valence-electron chi connectivity index (χ1n) is 26.7. The Hall–Kier alpha value is -9.22. The molecule has 4 heterocycles. The number of nitro benzene ring substituents is 1. The number of aliphatic hydroxyl groups is 1. The fourth-order valence-corrected chi connectivity index (χ4v) is 9.68. The van der Waals surface area contributed by atoms with Gasteiger partial charge in [-0.25, -0.2) is 4.79 Å². The summed E-state index contributed by atoms with van der Waals surface area (Å²) in [5.41, 5.74) is 16.4. The molecule has 0 unspecified atom stereocenters. The molecule has 9 aromatic rings. The number of nitro groups is 1. The summed E-state index contributed by atoms with van der Waals surface area (Å²) in [6, 6.07) is 50.8. The van der Waals surface area contributed by atoms with Gasteiger partial charge >= 0.3 is 5.43 Å². The highest BCUT2D eigenvalue weighted by atomic mass is 35.5. The number of nitriles is 2. The summed E-state index contributed by atoms with van der Waals surface area (Å²) in [5.74, 6) is 1.87. The fourth-order valence-electron chi connectivity index (χ4n) is 9.59. The average molecular weight is 1090 g/mol. The topological polar surface area (TPSA) is 229 Å². The largest absolute Gasteiger partial charge is 0.494 e. The zero-order valence-corrected chi connectivity index (χ0v) is 45.4. The first kappa shape index (κ1) is 57.0. The number of nitrogen functional groups attached to an aromatic ring is 1. The number of nitrogens with zero attached hydrogens (tertiary/aromatic N) is 7. The van der Waals surface area contributed by atoms with Crippen molar-refractivity contribution in [3.63, 3.8) is 0 Å². The zero-order valence-electron chi connectivity index (χ0n) is 44.6. The maximum Gasteiger partial charge on any atom is 0.409 e. The van der Waals surface area contributed by atoms with Gasteiger partial charge in [0.2, 0.25) is 0 Å². The van der Waals surface area contributed by atoms with Crippen LogP contribution in [0.5, 0.6) is 17.2 Å². The lowest BCUT2D eigenvalue weighted by atomic mass is 9.92. The fraction of sp³-hybridized carbons (Fsp3) is 0.254. The van der Waals surface area contributed by atoms with E-state index in [-0.39, 0.29) is 18.0 Å². The Morgan fingerprint density at radius 3 is 1.57 bits per heavy atom. The Balaban J connectivity index is 0.000000156. The van der Waals surface area contributed by atoms with Gasteiger partial charge in [0, 0.05) is 120 Å². The average Bonchev–Trinajstić information content (AvgIpc) is 4.13. The van der Waals surface area contributed by atoms with E-state index in [9.17, 15) is 25.4 Å². The number of anilines is 2. The summed E-state index contributed by atoms with van der Waals surface area (Å²) in [7, 11) is 0. The molecule has 0 bridgehead atoms. The molecule has 4 N–H and O–H groups in total. The third-order valence-electron chi connectivity index (χ3n) is 13.8. The van der Waals surface area contributed by atoms with Gasteiger partial charge in [0.25, 0.3) is 5.69 Å². The van der Waals surface area contributed by atoms with Crippen LogP contribution in [0.4, 0.5) is 21.9 Å². The first-order chi connectivity index (χ1) is 39.0. The molecule has 80 heavy (non-hydrogen) atoms. The number of pyridine rings is 2. The quantitative estimate of drug-likeness (QED) is 0.0354. The van der Waals surface area contributed by atoms with Crippen molar-refractivity contribution in [1.82, 2.24) is 19.1 Å². The summed E-state index contributed by atoms with van der Waals surface area (Å²) in [6.45, 7) is 6.23. The molecule has 0 spiro atoms. The number of carbonyl (C=O) groups is 1. The van der Waals surface area contributed by atoms with Gasteiger partial charge in [-0.1, -0.05) is 36.4 Å². The van der Waals surface area contributed by atoms with Gasteiger partial charge in [-0.15, -0.1) is 0 Å². The van der Waals surface area contributed by atoms with Crippen molar-refractivity contribution in [1.29, 1.82) is 10.5 Å². The molecule has 0 radical (unpaired) electrons. The molecule has 0 atom stereocenters. The van der Waals surface area contributed by atoms with E-state index in [0.29, 0.717) is 31.7 Å². The van der Waals surface area contributed by atoms with Crippen LogP contribution in [0.3, 0.4) is 0 Å². The number of hydrogen-bond acceptors (Lipinski definition) is 13. The number of aliphatic hydroxyl groups excluding tert-OH is 1. The molecule has 17 heteroatoms. The minimum absolute atomic E-state index is 0.0747. The van der Waals surface area contributed by atoms with Crippen molar-refractivity contribution in [2.45, 2.75) is 77.3 Å². The second-order valence-electron chi connectivity index (χ2n) is 18.9. The smallest absolute Gasteiger partial charge is 0.409 e. The molecule has 2 aliphatic carbocycles. The van der Waals surface area contributed by atoms with E-state index in [0.717, 1.165) is 128 Å². The van der Waals surface area contributed by atoms with Crippen LogP contribution in [-0.2, 0) is 12.8 Å². The molecule has 16 nitrogen and oxygen atoms in total. The number of non-ortho nitro benzene ring substituents is 1. The Kier molecular flexibility index (Phi) is 19.9. The number of rotatable bonds is 16. The van der Waals surface area contributed by atoms with Crippen LogP contribution in [0.15, 0.2) is 158 Å². The molecule has 408 valence electrons. The normalized spacial score (nSPS) is 12.6. The molecule has 0 aliphatic heterocycles. The third-order valence-corrected chi connectivity index (χ3v) is 13.9. The maximum absolute atomic E-state index is 10.2. The lowest BCUT2D eigenvalue weighted by Crippen LogP contribution is -2.17. The van der Waals surface area contributed by atoms with Gasteiger partial charge in [0.1, 0.15) is 29.4 Å². The van der Waals surface area contributed by atoms with Crippen LogP contribution >= 0.6 is 11.6 Å². The van der Waals surface area contributed by atoms with Crippen molar-refractivity contribution >= 4 is 55.9 Å². The van der Waals surface area contributed by atoms with E-state index in [1.165, 1.54) is 37.1 Å². The van der Waals surface area contributed by atoms with Crippen LogP contribution in [0.1, 0.15) is 87.0 Å². The standard InChI is InChI=1S/C28H28N4O.C21H21N3O.C7H4ClNO4.C7H9NO/c1-2-33-24-13-14-25-26(19-29)28(32(27(25)18-24)23-7-5-8-23)20-9-11-22(12-10-20)31-17-15-21-6-3-4-16-30-21;1-2-25-17-10-11-18-19(13-22)21(14-6-8-15(23)9-7-14)24(20(18)12-17)16-4-3-5-16;8-7(10)13-6-3-1-5(2-4-6)9(11)12;9-6-4-7-3-1-2-5-8-7/h3-4,6,9-14,16,18,23,31H,2,5,7-8,15,17H2,1H3;6-12,16H,2-5,23H2,1H3;1-4H;1-3,5,9H,4,6H2. The number of carbonyl (C=O) groups excluding carboxylic acids is 1. The number of nitrogens with one attached hydrogen (secondary N) is 1. The second kappa shape index (κ2) is 27.9. The highest BCUT2D eigenvalue weighted by Gasteiger charge is 2.29. The van der Waals surface area contributed by atoms with Gasteiger partial charge in [-0.2, -0.15) is 10.5 Å². The minimum atomic E-state index is -0.978. The summed E-state index contributed by atoms with van der Waals surface area (Å²) < 4.78 is 20.6. The summed E-state index contributed by atoms with van der Waals surface area (Å²) in [6.07, 6.45) is 12.1. The number of hydrogen-bond donors (Lipinski definition) is 3. The van der Waals surface area contributed by atoms with E-state index < -0.39 is 10.4 Å². The number of ether oxygens (including phenoxy) is 3. The lowest BCUT2D eigenvalue weighted by molar-refractivity contribution is -0.384. The van der Waals surface area contributed by atoms with Crippen molar-refractivity contribution in [3.8, 4) is 51.9 Å². The van der Waals surface area contributed by atoms with Crippen LogP contribution in [0.2, 0.25) is 0 Å². The predicted octanol–water partition coefficient (Wildman–Crippen LogP) is 14.2. The van der Waals surface area contributed by atoms with Crippen LogP contribution in [0.25, 0.3) is 44.3 Å². The van der Waals surface area contributed by atoms with E-state index in [1.807, 2.05) is 105 Å². The van der Waals surface area contributed by atoms with E-state index in [2.05, 4.69) is 77.7 Å². The number of aromatic nitrogens is 4. The number of fused-ring (bicyclic) bond motifs is 2. The van der Waals surface area contributed by atoms with Crippen molar-refractivity contribution in [2.24, 2.45) is 0 Å². The molecule has 0 amide bonds. The van der Waals surface area contributed by atoms with Crippen LogP contribution < -0.4 is 25.3 Å². The van der Waals surface area contributed by atoms with Crippen molar-refractivity contribution in [3.05, 3.63) is 191 Å². The predicted molar refractivity (Wildman–Crippen MR) is 313 cm³/mol. The van der Waals surface area contributed by atoms with Crippen molar-refractivity contribution < 1.29 is 29.0 Å². The lowest BCUT2D eigenvalue weighted by Gasteiger charge is -2.30. The highest BCUT2D eigenvalue weighted by Crippen LogP contribution is 2.45. The second-order valence-corrected chi connectivity index (χ2v) is 19.2. The molecular weight excluding hydrogens is 1030 g/mol. The van der Waals surface area contributed by atoms with Crippen LogP contribution in [-0.4, -0.2) is 60.9 Å². The molecule has 2 saturated carbocycles. The minimum Gasteiger partial charge on any atom is -0.494 e. The summed E-state index contributed by atoms with van der Waals surface area (Å²) in [4.78, 5) is 28.3. The molecule has 5 aromatic carbocycles. The van der Waals surface area contributed by atoms with Crippen LogP contribution in [0, 0.1) is 32.8 Å². The van der Waals surface area contributed by atoms with Gasteiger partial charge in [-0.05, 0) is 148 Å². The number of halogens is 1. The number of benzene rings is 5. The highest BCUT2D eigenvalue weighted by molar-refractivity contribution is 6.61. The third kappa shape index (κ3) is 14.1. The molecule has 4 aromatic heterocycles. The molecule has 11 rings (SSSR count). The Labute approximate surface area is 469 Å². The van der Waals surface area contributed by atoms with E-state index in [1.54, 1.807) is 6.20 Å². The molecule has 2 fully saturated rings. The van der Waals surface area contributed by atoms with Gasteiger partial charge in [0.05, 0.1) is 51.7 Å². The Bertz CT molecular complexity index is 3590. The SMILES string of the molecule is CCOc1ccc2c(C#N)c(-c3ccc(N)cc3)n(C3CCC3)c2c1.CCOc1ccc2c(C#N)c(-c3ccc(NCCc4ccccn4)cc3)n(C3CCC3)c2c1.O=C(Cl)Oc1ccc([N+](=O)[O-])cc1.OCCc1ccccn1. The summed E-state index contributed by atoms with van der Waals surface area (Å²) in [5, 5.41) is 44.1. The Morgan fingerprint density at radius 2 is 1.18 bits per heavy atom. The van der Waals surface area contributed by atoms with E-state index in [4.69, 9.17) is 31.9 Å². The maximum atomic E-state index is 10.2. The Morgan fingerprint density at radius 1 is 0.700 bits per heavy atom. The first-order valence-corrected chi connectivity index (χ1v) is 27.1. The van der Waals surface area contributed by atoms with E-state index >= 15 is 0 Å².